The summed E-state index contributed by atoms with van der Waals surface area (Å²) < 4.78 is 0. The number of nitrogens with zero attached hydrogens (tertiary/aromatic N) is 3. The van der Waals surface area contributed by atoms with Crippen molar-refractivity contribution in [3.05, 3.63) is 30.0 Å². The second-order valence-electron chi connectivity index (χ2n) is 4.41. The fraction of sp³-hybridized carbons (Fsp3) is 0.385. The molecule has 0 radical (unpaired) electrons. The zero-order chi connectivity index (χ0) is 12.3. The van der Waals surface area contributed by atoms with Gasteiger partial charge in [-0.2, -0.15) is 5.10 Å². The molecule has 17 heavy (non-hydrogen) atoms. The molecule has 2 aromatic rings. The zero-order valence-electron chi connectivity index (χ0n) is 10.6. The highest BCUT2D eigenvalue weighted by atomic mass is 15.2. The van der Waals surface area contributed by atoms with Crippen LogP contribution in [0.1, 0.15) is 5.69 Å². The molecular formula is C13H18N4. The molecule has 0 unspecified atom stereocenters. The summed E-state index contributed by atoms with van der Waals surface area (Å²) in [5, 5.41) is 14.0. The van der Waals surface area contributed by atoms with Crippen molar-refractivity contribution in [2.45, 2.75) is 6.92 Å². The van der Waals surface area contributed by atoms with Crippen LogP contribution >= 0.6 is 0 Å². The molecule has 0 saturated carbocycles. The quantitative estimate of drug-likeness (QED) is 0.871. The van der Waals surface area contributed by atoms with Crippen LogP contribution in [-0.2, 0) is 0 Å². The van der Waals surface area contributed by atoms with Crippen molar-refractivity contribution in [3.63, 3.8) is 0 Å². The first kappa shape index (κ1) is 11.8. The SMILES string of the molecule is Cc1nnc(NCCN(C)C)c2ccccc12. The van der Waals surface area contributed by atoms with E-state index in [0.717, 1.165) is 35.4 Å². The van der Waals surface area contributed by atoms with Crippen molar-refractivity contribution in [1.82, 2.24) is 15.1 Å². The Bertz CT molecular complexity index is 508. The van der Waals surface area contributed by atoms with Crippen LogP contribution in [0.2, 0.25) is 0 Å². The molecule has 90 valence electrons. The van der Waals surface area contributed by atoms with Crippen LogP contribution in [0.3, 0.4) is 0 Å². The van der Waals surface area contributed by atoms with Gasteiger partial charge in [-0.3, -0.25) is 0 Å². The minimum Gasteiger partial charge on any atom is -0.367 e. The topological polar surface area (TPSA) is 41.1 Å². The van der Waals surface area contributed by atoms with E-state index in [1.54, 1.807) is 0 Å². The van der Waals surface area contributed by atoms with Crippen LogP contribution < -0.4 is 5.32 Å². The van der Waals surface area contributed by atoms with Crippen LogP contribution in [0.25, 0.3) is 10.8 Å². The maximum absolute atomic E-state index is 4.22. The first-order valence-electron chi connectivity index (χ1n) is 5.79. The predicted octanol–water partition coefficient (Wildman–Crippen LogP) is 1.91. The number of nitrogens with one attached hydrogen (secondary N) is 1. The summed E-state index contributed by atoms with van der Waals surface area (Å²) in [7, 11) is 4.11. The molecule has 1 N–H and O–H groups in total. The summed E-state index contributed by atoms with van der Waals surface area (Å²) in [5.74, 6) is 0.869. The fourth-order valence-corrected chi connectivity index (χ4v) is 1.77. The highest BCUT2D eigenvalue weighted by Gasteiger charge is 2.05. The number of hydrogen-bond donors (Lipinski definition) is 1. The summed E-state index contributed by atoms with van der Waals surface area (Å²) in [6.07, 6.45) is 0. The van der Waals surface area contributed by atoms with Gasteiger partial charge in [0.1, 0.15) is 0 Å². The second-order valence-corrected chi connectivity index (χ2v) is 4.41. The number of benzene rings is 1. The van der Waals surface area contributed by atoms with Crippen LogP contribution in [0.5, 0.6) is 0 Å². The first-order chi connectivity index (χ1) is 8.18. The average molecular weight is 230 g/mol. The third-order valence-electron chi connectivity index (χ3n) is 2.72. The molecule has 0 aliphatic rings. The van der Waals surface area contributed by atoms with Gasteiger partial charge in [-0.15, -0.1) is 5.10 Å². The van der Waals surface area contributed by atoms with E-state index in [1.807, 2.05) is 19.1 Å². The molecule has 0 aliphatic carbocycles. The van der Waals surface area contributed by atoms with E-state index in [9.17, 15) is 0 Å². The molecule has 0 saturated heterocycles. The smallest absolute Gasteiger partial charge is 0.156 e. The number of likely N-dealkylation sites (N-methyl/N-ethyl adjacent to an activating group) is 1. The lowest BCUT2D eigenvalue weighted by molar-refractivity contribution is 0.425. The number of hydrogen-bond acceptors (Lipinski definition) is 4. The largest absolute Gasteiger partial charge is 0.367 e. The minimum absolute atomic E-state index is 0.869. The minimum atomic E-state index is 0.869. The Kier molecular flexibility index (Phi) is 3.54. The van der Waals surface area contributed by atoms with Crippen molar-refractivity contribution in [1.29, 1.82) is 0 Å². The summed E-state index contributed by atoms with van der Waals surface area (Å²) in [5.41, 5.74) is 0.971. The maximum Gasteiger partial charge on any atom is 0.156 e. The summed E-state index contributed by atoms with van der Waals surface area (Å²) in [4.78, 5) is 2.14. The summed E-state index contributed by atoms with van der Waals surface area (Å²) in [6.45, 7) is 3.83. The molecule has 1 heterocycles. The van der Waals surface area contributed by atoms with Crippen LogP contribution in [0.4, 0.5) is 5.82 Å². The average Bonchev–Trinajstić information content (AvgIpc) is 2.32. The molecule has 0 bridgehead atoms. The number of anilines is 1. The Labute approximate surface area is 102 Å². The van der Waals surface area contributed by atoms with Gasteiger partial charge in [-0.1, -0.05) is 24.3 Å². The number of aryl methyl sites for hydroxylation is 1. The molecule has 0 atom stereocenters. The van der Waals surface area contributed by atoms with E-state index in [1.165, 1.54) is 0 Å². The van der Waals surface area contributed by atoms with Crippen LogP contribution in [0.15, 0.2) is 24.3 Å². The predicted molar refractivity (Wildman–Crippen MR) is 71.3 cm³/mol. The summed E-state index contributed by atoms with van der Waals surface area (Å²) in [6, 6.07) is 8.21. The van der Waals surface area contributed by atoms with Crippen molar-refractivity contribution in [2.75, 3.05) is 32.5 Å². The molecule has 2 rings (SSSR count). The van der Waals surface area contributed by atoms with E-state index < -0.39 is 0 Å². The molecule has 0 aliphatic heterocycles. The van der Waals surface area contributed by atoms with Crippen molar-refractivity contribution in [2.24, 2.45) is 0 Å². The summed E-state index contributed by atoms with van der Waals surface area (Å²) >= 11 is 0. The number of fused-ring (bicyclic) bond motifs is 1. The van der Waals surface area contributed by atoms with E-state index in [2.05, 4.69) is 46.6 Å². The molecule has 4 heteroatoms. The molecule has 4 nitrogen and oxygen atoms in total. The number of aromatic nitrogens is 2. The molecule has 1 aromatic carbocycles. The van der Waals surface area contributed by atoms with Crippen molar-refractivity contribution in [3.8, 4) is 0 Å². The third kappa shape index (κ3) is 2.71. The molecule has 0 spiro atoms. The van der Waals surface area contributed by atoms with Gasteiger partial charge in [0.25, 0.3) is 0 Å². The standard InChI is InChI=1S/C13H18N4/c1-10-11-6-4-5-7-12(11)13(16-15-10)14-8-9-17(2)3/h4-7H,8-9H2,1-3H3,(H,14,16). The first-order valence-corrected chi connectivity index (χ1v) is 5.79. The van der Waals surface area contributed by atoms with Crippen molar-refractivity contribution >= 4 is 16.6 Å². The number of rotatable bonds is 4. The lowest BCUT2D eigenvalue weighted by Gasteiger charge is -2.12. The van der Waals surface area contributed by atoms with Gasteiger partial charge in [0.2, 0.25) is 0 Å². The zero-order valence-corrected chi connectivity index (χ0v) is 10.6. The molecular weight excluding hydrogens is 212 g/mol. The monoisotopic (exact) mass is 230 g/mol. The highest BCUT2D eigenvalue weighted by molar-refractivity contribution is 5.92. The van der Waals surface area contributed by atoms with Gasteiger partial charge in [-0.25, -0.2) is 0 Å². The Morgan fingerprint density at radius 3 is 2.53 bits per heavy atom. The second kappa shape index (κ2) is 5.10. The lowest BCUT2D eigenvalue weighted by Crippen LogP contribution is -2.21. The van der Waals surface area contributed by atoms with Gasteiger partial charge >= 0.3 is 0 Å². The highest BCUT2D eigenvalue weighted by Crippen LogP contribution is 2.21. The van der Waals surface area contributed by atoms with E-state index >= 15 is 0 Å². The van der Waals surface area contributed by atoms with Crippen LogP contribution in [0, 0.1) is 6.92 Å². The Hall–Kier alpha value is -1.68. The van der Waals surface area contributed by atoms with Gasteiger partial charge in [-0.05, 0) is 21.0 Å². The maximum atomic E-state index is 4.22. The van der Waals surface area contributed by atoms with E-state index in [0.29, 0.717) is 0 Å². The fourth-order valence-electron chi connectivity index (χ4n) is 1.77. The third-order valence-corrected chi connectivity index (χ3v) is 2.72. The van der Waals surface area contributed by atoms with Gasteiger partial charge in [0.15, 0.2) is 5.82 Å². The molecule has 0 fully saturated rings. The van der Waals surface area contributed by atoms with E-state index in [4.69, 9.17) is 0 Å². The van der Waals surface area contributed by atoms with Gasteiger partial charge in [0.05, 0.1) is 5.69 Å². The molecule has 0 amide bonds. The lowest BCUT2D eigenvalue weighted by atomic mass is 10.1. The van der Waals surface area contributed by atoms with E-state index in [-0.39, 0.29) is 0 Å². The van der Waals surface area contributed by atoms with Gasteiger partial charge in [0, 0.05) is 23.9 Å². The molecule has 1 aromatic heterocycles. The normalized spacial score (nSPS) is 11.1. The van der Waals surface area contributed by atoms with Crippen LogP contribution in [-0.4, -0.2) is 42.3 Å². The Balaban J connectivity index is 2.26. The van der Waals surface area contributed by atoms with Gasteiger partial charge < -0.3 is 10.2 Å². The Morgan fingerprint density at radius 2 is 1.82 bits per heavy atom. The Morgan fingerprint density at radius 1 is 1.12 bits per heavy atom. The van der Waals surface area contributed by atoms with Crippen molar-refractivity contribution < 1.29 is 0 Å².